The van der Waals surface area contributed by atoms with E-state index in [2.05, 4.69) is 10.2 Å². The number of hydrogen-bond donors (Lipinski definition) is 2. The van der Waals surface area contributed by atoms with Gasteiger partial charge in [0.25, 0.3) is 0 Å². The minimum atomic E-state index is -5.15. The zero-order valence-corrected chi connectivity index (χ0v) is 9.24. The number of amides is 2. The van der Waals surface area contributed by atoms with E-state index in [1.165, 1.54) is 16.8 Å². The predicted octanol–water partition coefficient (Wildman–Crippen LogP) is 2.20. The lowest BCUT2D eigenvalue weighted by molar-refractivity contribution is -0.204. The quantitative estimate of drug-likeness (QED) is 0.767. The Bertz CT molecular complexity index is 430. The summed E-state index contributed by atoms with van der Waals surface area (Å²) in [6.07, 6.45) is -5.15. The Labute approximate surface area is 97.5 Å². The number of thiophene rings is 1. The van der Waals surface area contributed by atoms with Crippen molar-refractivity contribution < 1.29 is 27.6 Å². The highest BCUT2D eigenvalue weighted by atomic mass is 32.1. The summed E-state index contributed by atoms with van der Waals surface area (Å²) in [4.78, 5) is 24.8. The molecule has 94 valence electrons. The average Bonchev–Trinajstić information content (AvgIpc) is 2.58. The second-order valence-corrected chi connectivity index (χ2v) is 3.84. The molecule has 1 aromatic heterocycles. The third-order valence-electron chi connectivity index (χ3n) is 1.44. The Balaban J connectivity index is 2.39. The number of carbonyl (C=O) groups is 2. The zero-order chi connectivity index (χ0) is 13.1. The molecule has 5 nitrogen and oxygen atoms in total. The molecule has 0 fully saturated rings. The molecular formula is C8H7F3N2O3S. The first-order valence-electron chi connectivity index (χ1n) is 4.19. The van der Waals surface area contributed by atoms with Gasteiger partial charge >= 0.3 is 18.2 Å². The van der Waals surface area contributed by atoms with Gasteiger partial charge in [0.05, 0.1) is 5.00 Å². The van der Waals surface area contributed by atoms with Crippen LogP contribution in [0.5, 0.6) is 0 Å². The Kier molecular flexibility index (Phi) is 3.94. The van der Waals surface area contributed by atoms with E-state index in [0.29, 0.717) is 5.00 Å². The molecule has 1 heterocycles. The average molecular weight is 268 g/mol. The van der Waals surface area contributed by atoms with E-state index >= 15 is 0 Å². The molecule has 0 aliphatic rings. The van der Waals surface area contributed by atoms with Crippen LogP contribution in [-0.4, -0.2) is 18.2 Å². The van der Waals surface area contributed by atoms with Crippen LogP contribution in [0.1, 0.15) is 5.56 Å². The van der Waals surface area contributed by atoms with Gasteiger partial charge in [-0.15, -0.1) is 11.3 Å². The van der Waals surface area contributed by atoms with E-state index in [-0.39, 0.29) is 0 Å². The third kappa shape index (κ3) is 4.31. The van der Waals surface area contributed by atoms with E-state index in [1.807, 2.05) is 0 Å². The van der Waals surface area contributed by atoms with Gasteiger partial charge in [-0.2, -0.15) is 18.7 Å². The van der Waals surface area contributed by atoms with Crippen LogP contribution in [0.15, 0.2) is 11.4 Å². The van der Waals surface area contributed by atoms with Crippen LogP contribution in [0.4, 0.5) is 23.0 Å². The minimum Gasteiger partial charge on any atom is -0.331 e. The summed E-state index contributed by atoms with van der Waals surface area (Å²) in [6.45, 7) is 1.78. The van der Waals surface area contributed by atoms with Crippen molar-refractivity contribution in [2.24, 2.45) is 0 Å². The number of anilines is 1. The monoisotopic (exact) mass is 268 g/mol. The van der Waals surface area contributed by atoms with Gasteiger partial charge in [-0.1, -0.05) is 0 Å². The van der Waals surface area contributed by atoms with Crippen molar-refractivity contribution in [3.05, 3.63) is 17.0 Å². The highest BCUT2D eigenvalue weighted by molar-refractivity contribution is 7.14. The van der Waals surface area contributed by atoms with Crippen molar-refractivity contribution in [3.63, 3.8) is 0 Å². The van der Waals surface area contributed by atoms with Crippen LogP contribution in [0.2, 0.25) is 0 Å². The first-order chi connectivity index (χ1) is 7.79. The Morgan fingerprint density at radius 1 is 1.41 bits per heavy atom. The fraction of sp³-hybridized carbons (Fsp3) is 0.250. The Morgan fingerprint density at radius 3 is 2.53 bits per heavy atom. The molecular weight excluding hydrogens is 261 g/mol. The summed E-state index contributed by atoms with van der Waals surface area (Å²) >= 11 is 1.18. The second kappa shape index (κ2) is 5.04. The van der Waals surface area contributed by atoms with Gasteiger partial charge in [-0.25, -0.2) is 9.59 Å². The molecule has 0 radical (unpaired) electrons. The highest BCUT2D eigenvalue weighted by Crippen LogP contribution is 2.19. The summed E-state index contributed by atoms with van der Waals surface area (Å²) in [5.74, 6) is -2.49. The van der Waals surface area contributed by atoms with Crippen molar-refractivity contribution in [1.82, 2.24) is 5.48 Å². The van der Waals surface area contributed by atoms with Crippen molar-refractivity contribution in [2.75, 3.05) is 5.32 Å². The van der Waals surface area contributed by atoms with Crippen LogP contribution >= 0.6 is 11.3 Å². The van der Waals surface area contributed by atoms with E-state index < -0.39 is 18.2 Å². The molecule has 0 aliphatic carbocycles. The number of rotatable bonds is 1. The first-order valence-corrected chi connectivity index (χ1v) is 5.07. The summed E-state index contributed by atoms with van der Waals surface area (Å²) < 4.78 is 35.1. The molecule has 0 bridgehead atoms. The number of carbonyl (C=O) groups excluding carboxylic acids is 2. The Hall–Kier alpha value is -1.77. The smallest absolute Gasteiger partial charge is 0.331 e. The molecule has 0 saturated heterocycles. The Morgan fingerprint density at radius 2 is 2.06 bits per heavy atom. The molecule has 0 saturated carbocycles. The molecule has 9 heteroatoms. The second-order valence-electron chi connectivity index (χ2n) is 2.93. The van der Waals surface area contributed by atoms with Crippen LogP contribution < -0.4 is 10.8 Å². The first kappa shape index (κ1) is 13.3. The number of aryl methyl sites for hydroxylation is 1. The minimum absolute atomic E-state index is 0.419. The lowest BCUT2D eigenvalue weighted by Gasteiger charge is -2.07. The van der Waals surface area contributed by atoms with Crippen LogP contribution in [0.25, 0.3) is 0 Å². The molecule has 2 amide bonds. The number of urea groups is 1. The van der Waals surface area contributed by atoms with Gasteiger partial charge < -0.3 is 4.84 Å². The van der Waals surface area contributed by atoms with Crippen molar-refractivity contribution in [1.29, 1.82) is 0 Å². The molecule has 17 heavy (non-hydrogen) atoms. The number of halogens is 3. The third-order valence-corrected chi connectivity index (χ3v) is 2.40. The van der Waals surface area contributed by atoms with Gasteiger partial charge in [-0.05, 0) is 23.9 Å². The van der Waals surface area contributed by atoms with Gasteiger partial charge in [-0.3, -0.25) is 5.32 Å². The SMILES string of the molecule is Cc1csc(NC(=O)NOC(=O)C(F)(F)F)c1. The van der Waals surface area contributed by atoms with Gasteiger partial charge in [0.15, 0.2) is 0 Å². The van der Waals surface area contributed by atoms with E-state index in [1.54, 1.807) is 18.4 Å². The van der Waals surface area contributed by atoms with Gasteiger partial charge in [0.1, 0.15) is 0 Å². The van der Waals surface area contributed by atoms with Gasteiger partial charge in [0.2, 0.25) is 0 Å². The number of alkyl halides is 3. The van der Waals surface area contributed by atoms with Crippen molar-refractivity contribution >= 4 is 28.3 Å². The molecule has 1 rings (SSSR count). The maximum absolute atomic E-state index is 11.7. The summed E-state index contributed by atoms with van der Waals surface area (Å²) in [5.41, 5.74) is 2.22. The largest absolute Gasteiger partial charge is 0.493 e. The molecule has 0 atom stereocenters. The van der Waals surface area contributed by atoms with Gasteiger partial charge in [0, 0.05) is 0 Å². The molecule has 0 aliphatic heterocycles. The summed E-state index contributed by atoms with van der Waals surface area (Å²) in [5, 5.41) is 4.35. The maximum atomic E-state index is 11.7. The maximum Gasteiger partial charge on any atom is 0.493 e. The van der Waals surface area contributed by atoms with Crippen molar-refractivity contribution in [3.8, 4) is 0 Å². The standard InChI is InChI=1S/C8H7F3N2O3S/c1-4-2-5(17-3-4)12-7(15)13-16-6(14)8(9,10)11/h2-3H,1H3,(H2,12,13,15). The fourth-order valence-electron chi connectivity index (χ4n) is 0.785. The lowest BCUT2D eigenvalue weighted by atomic mass is 10.4. The normalized spacial score (nSPS) is 10.8. The molecule has 1 aromatic rings. The van der Waals surface area contributed by atoms with E-state index in [0.717, 1.165) is 5.56 Å². The summed E-state index contributed by atoms with van der Waals surface area (Å²) in [7, 11) is 0. The fourth-order valence-corrected chi connectivity index (χ4v) is 1.57. The molecule has 0 spiro atoms. The number of hydroxylamine groups is 1. The van der Waals surface area contributed by atoms with Crippen molar-refractivity contribution in [2.45, 2.75) is 13.1 Å². The zero-order valence-electron chi connectivity index (χ0n) is 8.42. The lowest BCUT2D eigenvalue weighted by Crippen LogP contribution is -2.36. The highest BCUT2D eigenvalue weighted by Gasteiger charge is 2.41. The molecule has 0 unspecified atom stereocenters. The number of hydrogen-bond acceptors (Lipinski definition) is 4. The van der Waals surface area contributed by atoms with Crippen LogP contribution in [0, 0.1) is 6.92 Å². The van der Waals surface area contributed by atoms with Crippen LogP contribution in [-0.2, 0) is 9.63 Å². The summed E-state index contributed by atoms with van der Waals surface area (Å²) in [6, 6.07) is 0.542. The van der Waals surface area contributed by atoms with E-state index in [4.69, 9.17) is 0 Å². The number of nitrogens with one attached hydrogen (secondary N) is 2. The molecule has 0 aromatic carbocycles. The molecule has 2 N–H and O–H groups in total. The van der Waals surface area contributed by atoms with E-state index in [9.17, 15) is 22.8 Å². The topological polar surface area (TPSA) is 67.4 Å². The predicted molar refractivity (Wildman–Crippen MR) is 53.4 cm³/mol. The van der Waals surface area contributed by atoms with Crippen LogP contribution in [0.3, 0.4) is 0 Å².